The van der Waals surface area contributed by atoms with Gasteiger partial charge in [0.25, 0.3) is 0 Å². The first-order chi connectivity index (χ1) is 9.43. The molecule has 0 amide bonds. The van der Waals surface area contributed by atoms with Crippen molar-refractivity contribution in [2.45, 2.75) is 12.2 Å². The highest BCUT2D eigenvalue weighted by atomic mass is 35.5. The number of aliphatic hydroxyl groups excluding tert-OH is 2. The Kier molecular flexibility index (Phi) is 5.19. The number of benzene rings is 2. The molecule has 0 aliphatic rings. The highest BCUT2D eigenvalue weighted by molar-refractivity contribution is 6.43. The zero-order valence-corrected chi connectivity index (χ0v) is 13.0. The second kappa shape index (κ2) is 6.52. The lowest BCUT2D eigenvalue weighted by atomic mass is 9.98. The van der Waals surface area contributed by atoms with Crippen molar-refractivity contribution in [1.29, 1.82) is 0 Å². The van der Waals surface area contributed by atoms with E-state index in [1.807, 2.05) is 0 Å². The highest BCUT2D eigenvalue weighted by Gasteiger charge is 2.25. The van der Waals surface area contributed by atoms with Crippen LogP contribution in [0.5, 0.6) is 0 Å². The van der Waals surface area contributed by atoms with Gasteiger partial charge in [0.2, 0.25) is 0 Å². The smallest absolute Gasteiger partial charge is 0.111 e. The minimum Gasteiger partial charge on any atom is -0.385 e. The van der Waals surface area contributed by atoms with E-state index in [0.29, 0.717) is 21.2 Å². The maximum atomic E-state index is 10.3. The van der Waals surface area contributed by atoms with Crippen LogP contribution in [0.4, 0.5) is 0 Å². The fourth-order valence-electron chi connectivity index (χ4n) is 1.84. The van der Waals surface area contributed by atoms with E-state index in [2.05, 4.69) is 0 Å². The van der Waals surface area contributed by atoms with Crippen molar-refractivity contribution in [3.63, 3.8) is 0 Å². The van der Waals surface area contributed by atoms with Gasteiger partial charge >= 0.3 is 0 Å². The van der Waals surface area contributed by atoms with Gasteiger partial charge in [0.1, 0.15) is 12.2 Å². The molecule has 20 heavy (non-hydrogen) atoms. The zero-order valence-electron chi connectivity index (χ0n) is 10.0. The fraction of sp³-hybridized carbons (Fsp3) is 0.143. The summed E-state index contributed by atoms with van der Waals surface area (Å²) in [5.41, 5.74) is 0.644. The average Bonchev–Trinajstić information content (AvgIpc) is 2.43. The Morgan fingerprint density at radius 2 is 1.00 bits per heavy atom. The lowest BCUT2D eigenvalue weighted by Gasteiger charge is -2.21. The molecule has 0 aliphatic carbocycles. The Bertz CT molecular complexity index is 575. The molecule has 2 N–H and O–H groups in total. The quantitative estimate of drug-likeness (QED) is 0.810. The van der Waals surface area contributed by atoms with Gasteiger partial charge in [0.05, 0.1) is 20.1 Å². The summed E-state index contributed by atoms with van der Waals surface area (Å²) in [5, 5.41) is 21.5. The van der Waals surface area contributed by atoms with Crippen LogP contribution in [0.2, 0.25) is 20.1 Å². The molecule has 0 saturated heterocycles. The van der Waals surface area contributed by atoms with Gasteiger partial charge in [-0.1, -0.05) is 70.7 Å². The van der Waals surface area contributed by atoms with Gasteiger partial charge in [-0.2, -0.15) is 0 Å². The standard InChI is InChI=1S/C14H10Cl4O2/c15-9-5-1-3-7(11(9)17)13(19)14(20)8-4-2-6-10(16)12(8)18/h1-6,13-14,19-20H. The second-order valence-electron chi connectivity index (χ2n) is 4.18. The minimum absolute atomic E-state index is 0.193. The highest BCUT2D eigenvalue weighted by Crippen LogP contribution is 2.39. The maximum absolute atomic E-state index is 10.3. The van der Waals surface area contributed by atoms with Gasteiger partial charge in [-0.25, -0.2) is 0 Å². The van der Waals surface area contributed by atoms with Crippen LogP contribution in [0.15, 0.2) is 36.4 Å². The first kappa shape index (κ1) is 15.9. The SMILES string of the molecule is OC(c1cccc(Cl)c1Cl)C(O)c1cccc(Cl)c1Cl. The molecule has 0 aromatic heterocycles. The molecule has 2 aromatic carbocycles. The van der Waals surface area contributed by atoms with Crippen molar-refractivity contribution in [2.24, 2.45) is 0 Å². The van der Waals surface area contributed by atoms with Crippen molar-refractivity contribution in [2.75, 3.05) is 0 Å². The summed E-state index contributed by atoms with van der Waals surface area (Å²) in [6.45, 7) is 0. The average molecular weight is 352 g/mol. The van der Waals surface area contributed by atoms with Crippen molar-refractivity contribution in [1.82, 2.24) is 0 Å². The summed E-state index contributed by atoms with van der Waals surface area (Å²) in [6, 6.07) is 9.64. The van der Waals surface area contributed by atoms with Crippen LogP contribution in [-0.2, 0) is 0 Å². The van der Waals surface area contributed by atoms with Crippen LogP contribution in [0.3, 0.4) is 0 Å². The molecule has 0 spiro atoms. The van der Waals surface area contributed by atoms with Gasteiger partial charge in [-0.05, 0) is 12.1 Å². The molecule has 2 aromatic rings. The summed E-state index contributed by atoms with van der Waals surface area (Å²) >= 11 is 23.8. The minimum atomic E-state index is -1.27. The van der Waals surface area contributed by atoms with E-state index in [4.69, 9.17) is 46.4 Å². The molecule has 2 atom stereocenters. The van der Waals surface area contributed by atoms with E-state index < -0.39 is 12.2 Å². The van der Waals surface area contributed by atoms with Crippen molar-refractivity contribution in [3.05, 3.63) is 67.6 Å². The molecule has 2 nitrogen and oxygen atoms in total. The van der Waals surface area contributed by atoms with Crippen LogP contribution in [-0.4, -0.2) is 10.2 Å². The molecule has 0 saturated carbocycles. The molecule has 6 heteroatoms. The topological polar surface area (TPSA) is 40.5 Å². The van der Waals surface area contributed by atoms with E-state index in [1.165, 1.54) is 0 Å². The van der Waals surface area contributed by atoms with E-state index in [0.717, 1.165) is 0 Å². The van der Waals surface area contributed by atoms with E-state index in [1.54, 1.807) is 36.4 Å². The van der Waals surface area contributed by atoms with Gasteiger partial charge in [-0.15, -0.1) is 0 Å². The van der Waals surface area contributed by atoms with Gasteiger partial charge in [0, 0.05) is 11.1 Å². The summed E-state index contributed by atoms with van der Waals surface area (Å²) in [6.07, 6.45) is -2.53. The normalized spacial score (nSPS) is 14.1. The number of aliphatic hydroxyl groups is 2. The third-order valence-electron chi connectivity index (χ3n) is 2.90. The third kappa shape index (κ3) is 3.06. The predicted octanol–water partition coefficient (Wildman–Crippen LogP) is 5.07. The summed E-state index contributed by atoms with van der Waals surface area (Å²) in [5.74, 6) is 0. The van der Waals surface area contributed by atoms with Crippen LogP contribution in [0.1, 0.15) is 23.3 Å². The van der Waals surface area contributed by atoms with Gasteiger partial charge in [0.15, 0.2) is 0 Å². The Labute approximate surface area is 136 Å². The van der Waals surface area contributed by atoms with Crippen molar-refractivity contribution < 1.29 is 10.2 Å². The number of hydrogen-bond donors (Lipinski definition) is 2. The van der Waals surface area contributed by atoms with E-state index in [9.17, 15) is 10.2 Å². The Morgan fingerprint density at radius 3 is 1.35 bits per heavy atom. The van der Waals surface area contributed by atoms with Crippen molar-refractivity contribution >= 4 is 46.4 Å². The van der Waals surface area contributed by atoms with Gasteiger partial charge in [-0.3, -0.25) is 0 Å². The first-order valence-corrected chi connectivity index (χ1v) is 7.18. The number of halogens is 4. The van der Waals surface area contributed by atoms with Crippen LogP contribution in [0.25, 0.3) is 0 Å². The zero-order chi connectivity index (χ0) is 14.9. The molecule has 0 heterocycles. The van der Waals surface area contributed by atoms with E-state index >= 15 is 0 Å². The molecule has 2 rings (SSSR count). The summed E-state index contributed by atoms with van der Waals surface area (Å²) in [7, 11) is 0. The number of hydrogen-bond acceptors (Lipinski definition) is 2. The van der Waals surface area contributed by atoms with E-state index in [-0.39, 0.29) is 10.0 Å². The Morgan fingerprint density at radius 1 is 0.650 bits per heavy atom. The Balaban J connectivity index is 2.40. The molecular formula is C14H10Cl4O2. The maximum Gasteiger partial charge on any atom is 0.111 e. The predicted molar refractivity (Wildman–Crippen MR) is 82.8 cm³/mol. The lowest BCUT2D eigenvalue weighted by molar-refractivity contribution is 0.0174. The number of rotatable bonds is 3. The second-order valence-corrected chi connectivity index (χ2v) is 5.75. The Hall–Kier alpha value is -0.480. The van der Waals surface area contributed by atoms with Crippen molar-refractivity contribution in [3.8, 4) is 0 Å². The largest absolute Gasteiger partial charge is 0.385 e. The fourth-order valence-corrected chi connectivity index (χ4v) is 2.68. The third-order valence-corrected chi connectivity index (χ3v) is 4.57. The monoisotopic (exact) mass is 350 g/mol. The molecular weight excluding hydrogens is 342 g/mol. The van der Waals surface area contributed by atoms with Crippen LogP contribution >= 0.6 is 46.4 Å². The molecule has 106 valence electrons. The van der Waals surface area contributed by atoms with Crippen LogP contribution in [0, 0.1) is 0 Å². The molecule has 0 aliphatic heterocycles. The lowest BCUT2D eigenvalue weighted by Crippen LogP contribution is -2.11. The molecule has 2 unspecified atom stereocenters. The summed E-state index contributed by atoms with van der Waals surface area (Å²) < 4.78 is 0. The van der Waals surface area contributed by atoms with Gasteiger partial charge < -0.3 is 10.2 Å². The van der Waals surface area contributed by atoms with Crippen LogP contribution < -0.4 is 0 Å². The molecule has 0 fully saturated rings. The molecule has 0 radical (unpaired) electrons. The first-order valence-electron chi connectivity index (χ1n) is 5.67. The molecule has 0 bridgehead atoms. The summed E-state index contributed by atoms with van der Waals surface area (Å²) in [4.78, 5) is 0.